The molecule has 0 fully saturated rings. The van der Waals surface area contributed by atoms with Crippen molar-refractivity contribution in [1.82, 2.24) is 4.90 Å². The van der Waals surface area contributed by atoms with Gasteiger partial charge in [-0.2, -0.15) is 0 Å². The van der Waals surface area contributed by atoms with Crippen molar-refractivity contribution in [3.8, 4) is 11.5 Å². The predicted molar refractivity (Wildman–Crippen MR) is 56.5 cm³/mol. The molecule has 3 N–H and O–H groups in total. The number of phenols is 1. The Morgan fingerprint density at radius 3 is 2.57 bits per heavy atom. The number of aromatic hydroxyl groups is 1. The quantitative estimate of drug-likeness (QED) is 0.560. The molecule has 0 saturated heterocycles. The zero-order valence-corrected chi connectivity index (χ0v) is 8.74. The molecule has 0 aliphatic carbocycles. The van der Waals surface area contributed by atoms with Crippen LogP contribution in [0.4, 0.5) is 5.69 Å². The minimum Gasteiger partial charge on any atom is -0.504 e. The van der Waals surface area contributed by atoms with E-state index in [0.717, 1.165) is 5.56 Å². The first-order valence-electron chi connectivity index (χ1n) is 4.34. The molecule has 1 aromatic rings. The van der Waals surface area contributed by atoms with Gasteiger partial charge in [0.1, 0.15) is 0 Å². The van der Waals surface area contributed by atoms with Crippen LogP contribution in [-0.2, 0) is 6.54 Å². The Bertz CT molecular complexity index is 324. The van der Waals surface area contributed by atoms with Crippen LogP contribution in [0.5, 0.6) is 11.5 Å². The lowest BCUT2D eigenvalue weighted by Gasteiger charge is -2.14. The van der Waals surface area contributed by atoms with Gasteiger partial charge in [-0.1, -0.05) is 0 Å². The number of methoxy groups -OCH3 is 1. The molecule has 0 radical (unpaired) electrons. The van der Waals surface area contributed by atoms with Gasteiger partial charge in [-0.15, -0.1) is 0 Å². The summed E-state index contributed by atoms with van der Waals surface area (Å²) in [6.45, 7) is 0.632. The van der Waals surface area contributed by atoms with Crippen LogP contribution >= 0.6 is 0 Å². The lowest BCUT2D eigenvalue weighted by Crippen LogP contribution is -2.11. The van der Waals surface area contributed by atoms with E-state index < -0.39 is 0 Å². The largest absolute Gasteiger partial charge is 0.504 e. The Labute approximate surface area is 83.9 Å². The smallest absolute Gasteiger partial charge is 0.162 e. The van der Waals surface area contributed by atoms with E-state index in [-0.39, 0.29) is 5.75 Å². The maximum absolute atomic E-state index is 9.75. The van der Waals surface area contributed by atoms with Crippen molar-refractivity contribution in [1.29, 1.82) is 0 Å². The minimum absolute atomic E-state index is 0.162. The SMILES string of the molecule is COc1cc(N)cc(CN(C)C)c1O. The van der Waals surface area contributed by atoms with Gasteiger partial charge in [0.25, 0.3) is 0 Å². The first-order chi connectivity index (χ1) is 6.54. The second-order valence-electron chi connectivity index (χ2n) is 3.47. The summed E-state index contributed by atoms with van der Waals surface area (Å²) in [7, 11) is 5.36. The van der Waals surface area contributed by atoms with Gasteiger partial charge in [0.05, 0.1) is 7.11 Å². The fourth-order valence-electron chi connectivity index (χ4n) is 1.31. The number of nitrogen functional groups attached to an aromatic ring is 1. The number of anilines is 1. The van der Waals surface area contributed by atoms with Crippen molar-refractivity contribution in [3.63, 3.8) is 0 Å². The third kappa shape index (κ3) is 2.29. The van der Waals surface area contributed by atoms with Crippen LogP contribution in [0.15, 0.2) is 12.1 Å². The molecule has 4 heteroatoms. The molecule has 0 atom stereocenters. The number of benzene rings is 1. The molecule has 78 valence electrons. The van der Waals surface area contributed by atoms with Crippen molar-refractivity contribution in [2.75, 3.05) is 26.9 Å². The Hall–Kier alpha value is -1.42. The molecule has 0 bridgehead atoms. The predicted octanol–water partition coefficient (Wildman–Crippen LogP) is 1.04. The summed E-state index contributed by atoms with van der Waals surface area (Å²) in [4.78, 5) is 1.95. The van der Waals surface area contributed by atoms with Crippen LogP contribution < -0.4 is 10.5 Å². The normalized spacial score (nSPS) is 10.6. The maximum atomic E-state index is 9.75. The van der Waals surface area contributed by atoms with Gasteiger partial charge in [-0.05, 0) is 20.2 Å². The third-order valence-electron chi connectivity index (χ3n) is 1.88. The monoisotopic (exact) mass is 196 g/mol. The van der Waals surface area contributed by atoms with Gasteiger partial charge in [-0.25, -0.2) is 0 Å². The van der Waals surface area contributed by atoms with Gasteiger partial charge < -0.3 is 20.5 Å². The molecule has 0 aliphatic rings. The first-order valence-corrected chi connectivity index (χ1v) is 4.34. The van der Waals surface area contributed by atoms with E-state index in [1.54, 1.807) is 12.1 Å². The molecule has 0 spiro atoms. The van der Waals surface area contributed by atoms with Crippen LogP contribution in [0.2, 0.25) is 0 Å². The fraction of sp³-hybridized carbons (Fsp3) is 0.400. The van der Waals surface area contributed by atoms with Gasteiger partial charge >= 0.3 is 0 Å². The molecule has 4 nitrogen and oxygen atoms in total. The second kappa shape index (κ2) is 4.19. The second-order valence-corrected chi connectivity index (χ2v) is 3.47. The third-order valence-corrected chi connectivity index (χ3v) is 1.88. The first kappa shape index (κ1) is 10.7. The maximum Gasteiger partial charge on any atom is 0.162 e. The van der Waals surface area contributed by atoms with Crippen molar-refractivity contribution in [2.24, 2.45) is 0 Å². The summed E-state index contributed by atoms with van der Waals surface area (Å²) >= 11 is 0. The number of hydrogen-bond donors (Lipinski definition) is 2. The lowest BCUT2D eigenvalue weighted by molar-refractivity contribution is 0.355. The lowest BCUT2D eigenvalue weighted by atomic mass is 10.1. The van der Waals surface area contributed by atoms with Crippen LogP contribution in [-0.4, -0.2) is 31.2 Å². The van der Waals surface area contributed by atoms with Gasteiger partial charge in [0.15, 0.2) is 11.5 Å². The number of hydrogen-bond acceptors (Lipinski definition) is 4. The van der Waals surface area contributed by atoms with E-state index in [9.17, 15) is 5.11 Å². The molecular weight excluding hydrogens is 180 g/mol. The van der Waals surface area contributed by atoms with E-state index in [2.05, 4.69) is 0 Å². The summed E-state index contributed by atoms with van der Waals surface area (Å²) < 4.78 is 5.00. The van der Waals surface area contributed by atoms with Crippen molar-refractivity contribution >= 4 is 5.69 Å². The minimum atomic E-state index is 0.162. The average Bonchev–Trinajstić information content (AvgIpc) is 2.09. The highest BCUT2D eigenvalue weighted by Gasteiger charge is 2.09. The standard InChI is InChI=1S/C10H16N2O2/c1-12(2)6-7-4-8(11)5-9(14-3)10(7)13/h4-5,13H,6,11H2,1-3H3. The topological polar surface area (TPSA) is 58.7 Å². The van der Waals surface area contributed by atoms with Crippen molar-refractivity contribution in [3.05, 3.63) is 17.7 Å². The van der Waals surface area contributed by atoms with Crippen LogP contribution in [0.1, 0.15) is 5.56 Å². The Morgan fingerprint density at radius 2 is 2.07 bits per heavy atom. The number of nitrogens with two attached hydrogens (primary N) is 1. The highest BCUT2D eigenvalue weighted by atomic mass is 16.5. The summed E-state index contributed by atoms with van der Waals surface area (Å²) in [5, 5.41) is 9.75. The highest BCUT2D eigenvalue weighted by Crippen LogP contribution is 2.32. The molecule has 1 rings (SSSR count). The van der Waals surface area contributed by atoms with E-state index >= 15 is 0 Å². The Balaban J connectivity index is 3.08. The molecule has 0 unspecified atom stereocenters. The molecule has 1 aromatic carbocycles. The number of rotatable bonds is 3. The van der Waals surface area contributed by atoms with Gasteiger partial charge in [-0.3, -0.25) is 0 Å². The fourth-order valence-corrected chi connectivity index (χ4v) is 1.31. The van der Waals surface area contributed by atoms with Crippen LogP contribution in [0.3, 0.4) is 0 Å². The van der Waals surface area contributed by atoms with Crippen LogP contribution in [0.25, 0.3) is 0 Å². The highest BCUT2D eigenvalue weighted by molar-refractivity contribution is 5.56. The number of phenolic OH excluding ortho intramolecular Hbond substituents is 1. The van der Waals surface area contributed by atoms with Crippen molar-refractivity contribution < 1.29 is 9.84 Å². The van der Waals surface area contributed by atoms with Crippen LogP contribution in [0, 0.1) is 0 Å². The molecular formula is C10H16N2O2. The van der Waals surface area contributed by atoms with Gasteiger partial charge in [0, 0.05) is 23.9 Å². The molecule has 14 heavy (non-hydrogen) atoms. The average molecular weight is 196 g/mol. The van der Waals surface area contributed by atoms with E-state index in [4.69, 9.17) is 10.5 Å². The summed E-state index contributed by atoms with van der Waals surface area (Å²) in [5.74, 6) is 0.581. The van der Waals surface area contributed by atoms with Gasteiger partial charge in [0.2, 0.25) is 0 Å². The zero-order chi connectivity index (χ0) is 10.7. The van der Waals surface area contributed by atoms with E-state index in [1.807, 2.05) is 19.0 Å². The number of ether oxygens (including phenoxy) is 1. The molecule has 0 aromatic heterocycles. The van der Waals surface area contributed by atoms with E-state index in [1.165, 1.54) is 7.11 Å². The summed E-state index contributed by atoms with van der Waals surface area (Å²) in [6.07, 6.45) is 0. The molecule has 0 amide bonds. The Kier molecular flexibility index (Phi) is 3.19. The molecule has 0 heterocycles. The number of nitrogens with zero attached hydrogens (tertiary/aromatic N) is 1. The zero-order valence-electron chi connectivity index (χ0n) is 8.74. The Morgan fingerprint density at radius 1 is 1.43 bits per heavy atom. The van der Waals surface area contributed by atoms with E-state index in [0.29, 0.717) is 18.0 Å². The van der Waals surface area contributed by atoms with Crippen molar-refractivity contribution in [2.45, 2.75) is 6.54 Å². The summed E-state index contributed by atoms with van der Waals surface area (Å²) in [5.41, 5.74) is 7.03. The molecule has 0 aliphatic heterocycles. The summed E-state index contributed by atoms with van der Waals surface area (Å²) in [6, 6.07) is 3.35. The molecule has 0 saturated carbocycles.